The van der Waals surface area contributed by atoms with Crippen molar-refractivity contribution in [2.75, 3.05) is 5.43 Å². The molecule has 3 nitrogen and oxygen atoms in total. The molecule has 0 aliphatic heterocycles. The summed E-state index contributed by atoms with van der Waals surface area (Å²) in [5, 5.41) is 0.247. The Kier molecular flexibility index (Phi) is 2.03. The average Bonchev–Trinajstić information content (AvgIpc) is 1.88. The van der Waals surface area contributed by atoms with Crippen LogP contribution in [0.2, 0.25) is 5.02 Å². The number of hydrazine groups is 1. The van der Waals surface area contributed by atoms with Gasteiger partial charge in [-0.3, -0.25) is 0 Å². The van der Waals surface area contributed by atoms with Crippen molar-refractivity contribution in [2.45, 2.75) is 0 Å². The van der Waals surface area contributed by atoms with E-state index in [4.69, 9.17) is 17.4 Å². The van der Waals surface area contributed by atoms with Crippen LogP contribution in [0.15, 0.2) is 12.3 Å². The van der Waals surface area contributed by atoms with Gasteiger partial charge in [-0.2, -0.15) is 0 Å². The molecule has 0 aromatic carbocycles. The topological polar surface area (TPSA) is 50.9 Å². The Hall–Kier alpha value is -0.870. The van der Waals surface area contributed by atoms with E-state index in [1.54, 1.807) is 0 Å². The Balaban J connectivity index is 3.07. The Bertz CT molecular complexity index is 240. The van der Waals surface area contributed by atoms with Gasteiger partial charge in [0.25, 0.3) is 0 Å². The number of rotatable bonds is 1. The first-order chi connectivity index (χ1) is 4.74. The number of hydrogen-bond acceptors (Lipinski definition) is 3. The summed E-state index contributed by atoms with van der Waals surface area (Å²) in [4.78, 5) is 3.55. The van der Waals surface area contributed by atoms with E-state index in [0.717, 1.165) is 6.07 Å². The molecular formula is C5H5ClFN3. The molecule has 5 heteroatoms. The van der Waals surface area contributed by atoms with Crippen molar-refractivity contribution < 1.29 is 4.39 Å². The minimum Gasteiger partial charge on any atom is -0.306 e. The molecule has 54 valence electrons. The fourth-order valence-corrected chi connectivity index (χ4v) is 0.665. The van der Waals surface area contributed by atoms with E-state index in [1.807, 2.05) is 0 Å². The number of pyridine rings is 1. The number of nitrogens with two attached hydrogens (primary N) is 1. The molecule has 3 N–H and O–H groups in total. The molecule has 0 amide bonds. The van der Waals surface area contributed by atoms with Gasteiger partial charge in [-0.1, -0.05) is 11.6 Å². The average molecular weight is 162 g/mol. The number of nitrogens with zero attached hydrogens (tertiary/aromatic N) is 1. The summed E-state index contributed by atoms with van der Waals surface area (Å²) in [5.41, 5.74) is 2.08. The van der Waals surface area contributed by atoms with E-state index in [2.05, 4.69) is 10.4 Å². The molecule has 1 heterocycles. The molecule has 0 atom stereocenters. The third-order valence-corrected chi connectivity index (χ3v) is 1.15. The molecule has 0 saturated heterocycles. The molecule has 0 bridgehead atoms. The highest BCUT2D eigenvalue weighted by Crippen LogP contribution is 2.13. The van der Waals surface area contributed by atoms with Crippen molar-refractivity contribution in [1.29, 1.82) is 0 Å². The van der Waals surface area contributed by atoms with Crippen LogP contribution in [-0.4, -0.2) is 4.98 Å². The molecule has 0 fully saturated rings. The molecule has 0 saturated carbocycles. The van der Waals surface area contributed by atoms with Gasteiger partial charge in [0.05, 0.1) is 5.02 Å². The van der Waals surface area contributed by atoms with E-state index < -0.39 is 5.82 Å². The number of anilines is 1. The van der Waals surface area contributed by atoms with Gasteiger partial charge in [0.15, 0.2) is 11.6 Å². The largest absolute Gasteiger partial charge is 0.306 e. The van der Waals surface area contributed by atoms with Crippen LogP contribution in [0, 0.1) is 5.82 Å². The van der Waals surface area contributed by atoms with Crippen LogP contribution in [-0.2, 0) is 0 Å². The molecule has 0 aliphatic carbocycles. The third kappa shape index (κ3) is 1.34. The van der Waals surface area contributed by atoms with Gasteiger partial charge in [0.2, 0.25) is 0 Å². The molecule has 1 aromatic rings. The number of aromatic nitrogens is 1. The van der Waals surface area contributed by atoms with Gasteiger partial charge in [0, 0.05) is 6.20 Å². The standard InChI is InChI=1S/C5H5ClFN3/c6-3-1-4(7)5(10-8)9-2-3/h1-2H,8H2,(H,9,10). The Morgan fingerprint density at radius 2 is 2.40 bits per heavy atom. The molecule has 10 heavy (non-hydrogen) atoms. The zero-order valence-electron chi connectivity index (χ0n) is 4.94. The maximum atomic E-state index is 12.6. The minimum atomic E-state index is -0.560. The van der Waals surface area contributed by atoms with Crippen LogP contribution in [0.3, 0.4) is 0 Å². The lowest BCUT2D eigenvalue weighted by molar-refractivity contribution is 0.625. The van der Waals surface area contributed by atoms with Crippen LogP contribution >= 0.6 is 11.6 Å². The van der Waals surface area contributed by atoms with E-state index in [1.165, 1.54) is 6.20 Å². The predicted octanol–water partition coefficient (Wildman–Crippen LogP) is 1.16. The van der Waals surface area contributed by atoms with Crippen molar-refractivity contribution in [1.82, 2.24) is 4.98 Å². The zero-order chi connectivity index (χ0) is 7.56. The second-order valence-electron chi connectivity index (χ2n) is 1.63. The smallest absolute Gasteiger partial charge is 0.176 e. The summed E-state index contributed by atoms with van der Waals surface area (Å²) in [6.07, 6.45) is 1.31. The van der Waals surface area contributed by atoms with Gasteiger partial charge in [-0.15, -0.1) is 0 Å². The van der Waals surface area contributed by atoms with E-state index in [-0.39, 0.29) is 10.8 Å². The number of halogens is 2. The lowest BCUT2D eigenvalue weighted by Gasteiger charge is -1.98. The van der Waals surface area contributed by atoms with Gasteiger partial charge in [-0.05, 0) is 6.07 Å². The Labute approximate surface area is 62.0 Å². The zero-order valence-corrected chi connectivity index (χ0v) is 5.69. The minimum absolute atomic E-state index is 0.00981. The summed E-state index contributed by atoms with van der Waals surface area (Å²) >= 11 is 5.40. The second kappa shape index (κ2) is 2.81. The lowest BCUT2D eigenvalue weighted by atomic mass is 10.4. The van der Waals surface area contributed by atoms with Crippen LogP contribution < -0.4 is 11.3 Å². The normalized spacial score (nSPS) is 9.50. The van der Waals surface area contributed by atoms with Gasteiger partial charge in [0.1, 0.15) is 0 Å². The fraction of sp³-hybridized carbons (Fsp3) is 0. The number of nitrogen functional groups attached to an aromatic ring is 1. The van der Waals surface area contributed by atoms with Crippen molar-refractivity contribution in [3.8, 4) is 0 Å². The SMILES string of the molecule is NNc1ncc(Cl)cc1F. The van der Waals surface area contributed by atoms with Crippen molar-refractivity contribution in [3.05, 3.63) is 23.1 Å². The van der Waals surface area contributed by atoms with E-state index in [9.17, 15) is 4.39 Å². The summed E-state index contributed by atoms with van der Waals surface area (Å²) in [6, 6.07) is 1.13. The first-order valence-electron chi connectivity index (χ1n) is 2.51. The maximum absolute atomic E-state index is 12.6. The van der Waals surface area contributed by atoms with Crippen molar-refractivity contribution >= 4 is 17.4 Å². The Morgan fingerprint density at radius 1 is 1.70 bits per heavy atom. The summed E-state index contributed by atoms with van der Waals surface area (Å²) in [6.45, 7) is 0. The van der Waals surface area contributed by atoms with Crippen LogP contribution in [0.5, 0.6) is 0 Å². The Morgan fingerprint density at radius 3 is 2.90 bits per heavy atom. The molecular weight excluding hydrogens is 157 g/mol. The maximum Gasteiger partial charge on any atom is 0.176 e. The third-order valence-electron chi connectivity index (χ3n) is 0.945. The van der Waals surface area contributed by atoms with E-state index >= 15 is 0 Å². The first kappa shape index (κ1) is 7.24. The van der Waals surface area contributed by atoms with Crippen molar-refractivity contribution in [2.24, 2.45) is 5.84 Å². The molecule has 0 spiro atoms. The molecule has 0 aliphatic rings. The molecule has 1 rings (SSSR count). The van der Waals surface area contributed by atoms with E-state index in [0.29, 0.717) is 0 Å². The summed E-state index contributed by atoms with van der Waals surface area (Å²) < 4.78 is 12.6. The van der Waals surface area contributed by atoms with Crippen molar-refractivity contribution in [3.63, 3.8) is 0 Å². The molecule has 0 radical (unpaired) electrons. The number of hydrogen-bond donors (Lipinski definition) is 2. The highest BCUT2D eigenvalue weighted by Gasteiger charge is 2.00. The van der Waals surface area contributed by atoms with Gasteiger partial charge >= 0.3 is 0 Å². The summed E-state index contributed by atoms with van der Waals surface area (Å²) in [7, 11) is 0. The highest BCUT2D eigenvalue weighted by molar-refractivity contribution is 6.30. The molecule has 0 unspecified atom stereocenters. The van der Waals surface area contributed by atoms with Crippen LogP contribution in [0.25, 0.3) is 0 Å². The highest BCUT2D eigenvalue weighted by atomic mass is 35.5. The number of nitrogens with one attached hydrogen (secondary N) is 1. The second-order valence-corrected chi connectivity index (χ2v) is 2.06. The van der Waals surface area contributed by atoms with Gasteiger partial charge < -0.3 is 5.43 Å². The van der Waals surface area contributed by atoms with Crippen LogP contribution in [0.4, 0.5) is 10.2 Å². The van der Waals surface area contributed by atoms with Gasteiger partial charge in [-0.25, -0.2) is 15.2 Å². The fourth-order valence-electron chi connectivity index (χ4n) is 0.521. The molecule has 1 aromatic heterocycles. The first-order valence-corrected chi connectivity index (χ1v) is 2.89. The summed E-state index contributed by atoms with van der Waals surface area (Å²) in [5.74, 6) is 4.34. The predicted molar refractivity (Wildman–Crippen MR) is 37.0 cm³/mol. The van der Waals surface area contributed by atoms with Crippen LogP contribution in [0.1, 0.15) is 0 Å². The quantitative estimate of drug-likeness (QED) is 0.480. The lowest BCUT2D eigenvalue weighted by Crippen LogP contribution is -2.10. The monoisotopic (exact) mass is 161 g/mol.